The molecule has 0 saturated carbocycles. The average molecular weight is 667 g/mol. The number of aryl methyl sites for hydroxylation is 1. The Bertz CT molecular complexity index is 1410. The van der Waals surface area contributed by atoms with E-state index in [2.05, 4.69) is 15.3 Å². The molecule has 2 radical (unpaired) electrons. The van der Waals surface area contributed by atoms with Gasteiger partial charge in [0.25, 0.3) is 0 Å². The van der Waals surface area contributed by atoms with Crippen molar-refractivity contribution in [1.82, 2.24) is 29.8 Å². The van der Waals surface area contributed by atoms with Crippen LogP contribution in [0, 0.1) is 11.8 Å². The summed E-state index contributed by atoms with van der Waals surface area (Å²) in [4.78, 5) is 47.8. The summed E-state index contributed by atoms with van der Waals surface area (Å²) in [6, 6.07) is 4.41. The molecule has 2 fully saturated rings. The van der Waals surface area contributed by atoms with Gasteiger partial charge in [-0.15, -0.1) is 5.10 Å². The van der Waals surface area contributed by atoms with Crippen molar-refractivity contribution in [1.29, 1.82) is 0 Å². The van der Waals surface area contributed by atoms with Gasteiger partial charge in [0.05, 0.1) is 43.3 Å². The average Bonchev–Trinajstić information content (AvgIpc) is 3.61. The zero-order valence-electron chi connectivity index (χ0n) is 29.3. The maximum Gasteiger partial charge on any atom is 0.410 e. The Morgan fingerprint density at radius 1 is 1.12 bits per heavy atom. The van der Waals surface area contributed by atoms with Crippen molar-refractivity contribution in [2.75, 3.05) is 13.1 Å². The molecule has 2 saturated heterocycles. The number of unbranched alkanes of at least 4 members (excludes halogenated alkanes) is 1. The predicted octanol–water partition coefficient (Wildman–Crippen LogP) is 3.39. The monoisotopic (exact) mass is 666 g/mol. The van der Waals surface area contributed by atoms with E-state index in [-0.39, 0.29) is 37.0 Å². The highest BCUT2D eigenvalue weighted by Gasteiger charge is 2.59. The number of aliphatic hydroxyl groups is 2. The summed E-state index contributed by atoms with van der Waals surface area (Å²) in [7, 11) is 6.33. The SMILES string of the molecule is [B][C@@H]1CC(=O)[C@@H](C)C(O)O[C@H](CC)[C@@]2(C)OC(=O)N(CCCCn3cc(-c4ccccn4)nn3)[C@@H]2[C@@H](C)N(C(C)=O)C[C@H](C)C[C@]1(C)O. The minimum absolute atomic E-state index is 0.160. The van der Waals surface area contributed by atoms with E-state index in [0.29, 0.717) is 38.0 Å². The van der Waals surface area contributed by atoms with E-state index >= 15 is 0 Å². The molecule has 4 heterocycles. The maximum atomic E-state index is 13.7. The van der Waals surface area contributed by atoms with Crippen LogP contribution in [0.5, 0.6) is 0 Å². The van der Waals surface area contributed by atoms with Crippen molar-refractivity contribution in [3.05, 3.63) is 30.6 Å². The number of rotatable bonds is 7. The Labute approximate surface area is 284 Å². The number of nitrogens with zero attached hydrogens (tertiary/aromatic N) is 6. The number of aliphatic hydroxyl groups excluding tert-OH is 1. The Morgan fingerprint density at radius 3 is 2.48 bits per heavy atom. The number of aromatic nitrogens is 4. The van der Waals surface area contributed by atoms with Crippen molar-refractivity contribution in [3.8, 4) is 11.4 Å². The molecule has 262 valence electrons. The van der Waals surface area contributed by atoms with Crippen molar-refractivity contribution in [2.24, 2.45) is 11.8 Å². The molecule has 1 unspecified atom stereocenters. The van der Waals surface area contributed by atoms with Crippen molar-refractivity contribution >= 4 is 25.6 Å². The Hall–Kier alpha value is -3.36. The third-order valence-corrected chi connectivity index (χ3v) is 10.1. The minimum atomic E-state index is -1.51. The van der Waals surface area contributed by atoms with Crippen LogP contribution in [0.1, 0.15) is 80.6 Å². The van der Waals surface area contributed by atoms with Crippen LogP contribution < -0.4 is 0 Å². The number of hydrogen-bond donors (Lipinski definition) is 2. The van der Waals surface area contributed by atoms with Crippen molar-refractivity contribution < 1.29 is 34.1 Å². The van der Waals surface area contributed by atoms with E-state index in [4.69, 9.17) is 17.3 Å². The normalized spacial score (nSPS) is 33.9. The quantitative estimate of drug-likeness (QED) is 0.331. The van der Waals surface area contributed by atoms with E-state index in [0.717, 1.165) is 5.69 Å². The molecule has 0 aliphatic carbocycles. The molecular weight excluding hydrogens is 615 g/mol. The molecule has 48 heavy (non-hydrogen) atoms. The van der Waals surface area contributed by atoms with Crippen LogP contribution >= 0.6 is 0 Å². The highest BCUT2D eigenvalue weighted by atomic mass is 16.6. The van der Waals surface area contributed by atoms with Crippen LogP contribution in [-0.4, -0.2) is 114 Å². The van der Waals surface area contributed by atoms with Crippen LogP contribution in [0.25, 0.3) is 11.4 Å². The van der Waals surface area contributed by atoms with E-state index in [9.17, 15) is 24.6 Å². The number of Topliss-reactive ketones (excluding diaryl/α,β-unsaturated/α-hetero) is 1. The Kier molecular flexibility index (Phi) is 12.1. The number of carbonyl (C=O) groups is 3. The number of carbonyl (C=O) groups excluding carboxylic acids is 3. The molecule has 0 spiro atoms. The molecule has 4 rings (SSSR count). The fourth-order valence-corrected chi connectivity index (χ4v) is 7.26. The van der Waals surface area contributed by atoms with Gasteiger partial charge in [-0.2, -0.15) is 0 Å². The summed E-state index contributed by atoms with van der Waals surface area (Å²) in [5, 5.41) is 30.9. The lowest BCUT2D eigenvalue weighted by Crippen LogP contribution is -2.62. The third-order valence-electron chi connectivity index (χ3n) is 10.1. The topological polar surface area (TPSA) is 160 Å². The summed E-state index contributed by atoms with van der Waals surface area (Å²) in [6.07, 6.45) is 2.39. The first kappa shape index (κ1) is 37.5. The van der Waals surface area contributed by atoms with Gasteiger partial charge in [0.15, 0.2) is 11.9 Å². The fraction of sp³-hybridized carbons (Fsp3) is 0.706. The zero-order valence-corrected chi connectivity index (χ0v) is 29.3. The van der Waals surface area contributed by atoms with Gasteiger partial charge in [0.1, 0.15) is 17.6 Å². The van der Waals surface area contributed by atoms with Gasteiger partial charge in [-0.3, -0.25) is 24.2 Å². The Balaban J connectivity index is 1.61. The highest BCUT2D eigenvalue weighted by molar-refractivity contribution is 6.14. The summed E-state index contributed by atoms with van der Waals surface area (Å²) < 4.78 is 14.0. The predicted molar refractivity (Wildman–Crippen MR) is 179 cm³/mol. The maximum absolute atomic E-state index is 13.7. The summed E-state index contributed by atoms with van der Waals surface area (Å²) >= 11 is 0. The lowest BCUT2D eigenvalue weighted by Gasteiger charge is -2.45. The molecule has 14 heteroatoms. The second-order valence-corrected chi connectivity index (χ2v) is 14.0. The lowest BCUT2D eigenvalue weighted by molar-refractivity contribution is -0.210. The number of fused-ring (bicyclic) bond motifs is 1. The summed E-state index contributed by atoms with van der Waals surface area (Å²) in [5.41, 5.74) is -1.29. The molecule has 9 atom stereocenters. The van der Waals surface area contributed by atoms with E-state index < -0.39 is 53.5 Å². The lowest BCUT2D eigenvalue weighted by atomic mass is 9.67. The molecule has 2 aromatic rings. The first-order valence-corrected chi connectivity index (χ1v) is 17.0. The second-order valence-electron chi connectivity index (χ2n) is 14.0. The number of ether oxygens (including phenoxy) is 2. The van der Waals surface area contributed by atoms with Crippen molar-refractivity contribution in [3.63, 3.8) is 0 Å². The molecule has 2 aliphatic rings. The number of ketones is 1. The third kappa shape index (κ3) is 8.26. The number of hydrogen-bond acceptors (Lipinski definition) is 10. The smallest absolute Gasteiger partial charge is 0.410 e. The van der Waals surface area contributed by atoms with Gasteiger partial charge in [0, 0.05) is 39.2 Å². The largest absolute Gasteiger partial charge is 0.438 e. The number of pyridine rings is 1. The molecular formula is C34H51BN6O7. The van der Waals surface area contributed by atoms with Gasteiger partial charge >= 0.3 is 6.09 Å². The van der Waals surface area contributed by atoms with Crippen LogP contribution in [0.3, 0.4) is 0 Å². The van der Waals surface area contributed by atoms with Gasteiger partial charge in [-0.25, -0.2) is 4.79 Å². The fourth-order valence-electron chi connectivity index (χ4n) is 7.26. The molecule has 2 amide bonds. The number of amides is 2. The first-order chi connectivity index (χ1) is 22.6. The molecule has 2 N–H and O–H groups in total. The van der Waals surface area contributed by atoms with Crippen LogP contribution in [0.15, 0.2) is 30.6 Å². The van der Waals surface area contributed by atoms with Crippen LogP contribution in [0.2, 0.25) is 5.82 Å². The van der Waals surface area contributed by atoms with E-state index in [1.807, 2.05) is 45.2 Å². The van der Waals surface area contributed by atoms with Crippen LogP contribution in [-0.2, 0) is 25.6 Å². The standard InChI is InChI=1S/C34H51BN6O7/c1-8-29-34(7)30(40(32(45)48-34)16-12-11-15-39-20-26(37-38-39)25-13-9-10-14-36-25)23(4)41(24(5)42)19-21(2)18-33(6,46)28(35)17-27(43)22(3)31(44)47-29/h9-10,13-14,20-23,28-31,44,46H,8,11-12,15-19H2,1-7H3/t21-,22-,23-,28-,29-,30-,31?,33+,34-/m1/s1. The van der Waals surface area contributed by atoms with Gasteiger partial charge in [0.2, 0.25) is 5.91 Å². The zero-order chi connectivity index (χ0) is 35.4. The molecule has 0 aromatic carbocycles. The van der Waals surface area contributed by atoms with Crippen molar-refractivity contribution in [2.45, 2.75) is 129 Å². The first-order valence-electron chi connectivity index (χ1n) is 17.0. The Morgan fingerprint density at radius 2 is 1.83 bits per heavy atom. The minimum Gasteiger partial charge on any atom is -0.438 e. The summed E-state index contributed by atoms with van der Waals surface area (Å²) in [5.74, 6) is -2.57. The molecule has 2 aliphatic heterocycles. The van der Waals surface area contributed by atoms with Gasteiger partial charge < -0.3 is 24.6 Å². The highest BCUT2D eigenvalue weighted by Crippen LogP contribution is 2.41. The summed E-state index contributed by atoms with van der Waals surface area (Å²) in [6.45, 7) is 13.3. The molecule has 0 bridgehead atoms. The molecule has 13 nitrogen and oxygen atoms in total. The van der Waals surface area contributed by atoms with Crippen LogP contribution in [0.4, 0.5) is 4.79 Å². The second kappa shape index (κ2) is 15.5. The van der Waals surface area contributed by atoms with Gasteiger partial charge in [-0.1, -0.05) is 32.1 Å². The molecule has 2 aromatic heterocycles. The van der Waals surface area contributed by atoms with E-state index in [1.54, 1.807) is 41.4 Å². The van der Waals surface area contributed by atoms with E-state index in [1.165, 1.54) is 6.92 Å². The van der Waals surface area contributed by atoms with Gasteiger partial charge in [-0.05, 0) is 70.3 Å².